The molecule has 0 fully saturated rings. The molecule has 3 rings (SSSR count). The molecule has 0 bridgehead atoms. The second kappa shape index (κ2) is 7.36. The lowest BCUT2D eigenvalue weighted by Gasteiger charge is -2.09. The van der Waals surface area contributed by atoms with E-state index >= 15 is 0 Å². The van der Waals surface area contributed by atoms with Crippen molar-refractivity contribution in [1.29, 1.82) is 0 Å². The van der Waals surface area contributed by atoms with Crippen molar-refractivity contribution in [2.45, 2.75) is 0 Å². The normalized spacial score (nSPS) is 10.1. The van der Waals surface area contributed by atoms with Gasteiger partial charge in [-0.3, -0.25) is 11.7 Å². The van der Waals surface area contributed by atoms with Crippen LogP contribution >= 0.6 is 0 Å². The Morgan fingerprint density at radius 2 is 0.708 bits per heavy atom. The zero-order valence-corrected chi connectivity index (χ0v) is 12.9. The van der Waals surface area contributed by atoms with Crippen LogP contribution in [-0.4, -0.2) is 0 Å². The van der Waals surface area contributed by atoms with Crippen LogP contribution in [0.5, 0.6) is 23.0 Å². The molecule has 0 atom stereocenters. The van der Waals surface area contributed by atoms with Crippen molar-refractivity contribution in [3.05, 3.63) is 72.8 Å². The van der Waals surface area contributed by atoms with Gasteiger partial charge >= 0.3 is 0 Å². The first-order valence-electron chi connectivity index (χ1n) is 7.36. The summed E-state index contributed by atoms with van der Waals surface area (Å²) in [6.07, 6.45) is 0. The van der Waals surface area contributed by atoms with Crippen LogP contribution in [0.3, 0.4) is 0 Å². The molecule has 0 spiro atoms. The Bertz CT molecular complexity index is 703. The molecular formula is C18H18N4O2. The maximum absolute atomic E-state index is 5.77. The zero-order chi connectivity index (χ0) is 16.8. The molecule has 0 aliphatic rings. The zero-order valence-electron chi connectivity index (χ0n) is 12.9. The van der Waals surface area contributed by atoms with Crippen molar-refractivity contribution >= 4 is 11.4 Å². The number of hydrogen-bond acceptors (Lipinski definition) is 6. The van der Waals surface area contributed by atoms with E-state index in [-0.39, 0.29) is 0 Å². The first-order valence-corrected chi connectivity index (χ1v) is 7.36. The quantitative estimate of drug-likeness (QED) is 0.407. The highest BCUT2D eigenvalue weighted by Gasteiger charge is 2.01. The Morgan fingerprint density at radius 1 is 0.458 bits per heavy atom. The summed E-state index contributed by atoms with van der Waals surface area (Å²) in [5.74, 6) is 13.6. The van der Waals surface area contributed by atoms with Gasteiger partial charge in [0.05, 0.1) is 0 Å². The van der Waals surface area contributed by atoms with Crippen LogP contribution in [-0.2, 0) is 0 Å². The van der Waals surface area contributed by atoms with Gasteiger partial charge in [-0.25, -0.2) is 0 Å². The Kier molecular flexibility index (Phi) is 4.81. The van der Waals surface area contributed by atoms with Gasteiger partial charge in [0.25, 0.3) is 0 Å². The molecule has 122 valence electrons. The van der Waals surface area contributed by atoms with Crippen LogP contribution in [0.1, 0.15) is 0 Å². The molecule has 0 unspecified atom stereocenters. The summed E-state index contributed by atoms with van der Waals surface area (Å²) in [7, 11) is 0. The minimum Gasteiger partial charge on any atom is -0.457 e. The summed E-state index contributed by atoms with van der Waals surface area (Å²) in [5.41, 5.74) is 6.79. The SMILES string of the molecule is NNc1ccc(Oc2ccc(Oc3ccc(NN)cc3)cc2)cc1. The molecule has 0 heterocycles. The van der Waals surface area contributed by atoms with E-state index in [0.29, 0.717) is 0 Å². The Labute approximate surface area is 139 Å². The molecule has 0 aliphatic heterocycles. The fourth-order valence-electron chi connectivity index (χ4n) is 2.09. The van der Waals surface area contributed by atoms with Crippen LogP contribution in [0.2, 0.25) is 0 Å². The van der Waals surface area contributed by atoms with Crippen LogP contribution in [0.25, 0.3) is 0 Å². The summed E-state index contributed by atoms with van der Waals surface area (Å²) in [5, 5.41) is 0. The summed E-state index contributed by atoms with van der Waals surface area (Å²) < 4.78 is 11.5. The molecule has 0 aliphatic carbocycles. The van der Waals surface area contributed by atoms with Gasteiger partial charge in [0, 0.05) is 11.4 Å². The fraction of sp³-hybridized carbons (Fsp3) is 0. The molecule has 0 radical (unpaired) electrons. The van der Waals surface area contributed by atoms with Crippen LogP contribution < -0.4 is 32.0 Å². The van der Waals surface area contributed by atoms with E-state index in [1.165, 1.54) is 0 Å². The van der Waals surface area contributed by atoms with Gasteiger partial charge in [-0.15, -0.1) is 0 Å². The Hall–Kier alpha value is -3.22. The van der Waals surface area contributed by atoms with E-state index in [9.17, 15) is 0 Å². The van der Waals surface area contributed by atoms with E-state index in [4.69, 9.17) is 21.2 Å². The lowest BCUT2D eigenvalue weighted by Crippen LogP contribution is -2.05. The average Bonchev–Trinajstić information content (AvgIpc) is 2.65. The van der Waals surface area contributed by atoms with E-state index in [0.717, 1.165) is 34.4 Å². The minimum absolute atomic E-state index is 0.721. The number of nitrogens with one attached hydrogen (secondary N) is 2. The number of hydrazine groups is 2. The number of nitrogens with two attached hydrogens (primary N) is 2. The first-order chi connectivity index (χ1) is 11.8. The van der Waals surface area contributed by atoms with E-state index in [2.05, 4.69) is 10.9 Å². The molecule has 6 nitrogen and oxygen atoms in total. The van der Waals surface area contributed by atoms with Gasteiger partial charge in [-0.1, -0.05) is 0 Å². The van der Waals surface area contributed by atoms with Gasteiger partial charge in [0.1, 0.15) is 23.0 Å². The maximum atomic E-state index is 5.77. The monoisotopic (exact) mass is 322 g/mol. The molecule has 0 aromatic heterocycles. The lowest BCUT2D eigenvalue weighted by molar-refractivity contribution is 0.469. The largest absolute Gasteiger partial charge is 0.457 e. The molecule has 24 heavy (non-hydrogen) atoms. The third-order valence-electron chi connectivity index (χ3n) is 3.34. The molecule has 0 saturated carbocycles. The van der Waals surface area contributed by atoms with Gasteiger partial charge in [0.2, 0.25) is 0 Å². The van der Waals surface area contributed by atoms with Gasteiger partial charge < -0.3 is 20.3 Å². The fourth-order valence-corrected chi connectivity index (χ4v) is 2.09. The van der Waals surface area contributed by atoms with Crippen molar-refractivity contribution in [2.75, 3.05) is 10.9 Å². The summed E-state index contributed by atoms with van der Waals surface area (Å²) in [6, 6.07) is 22.1. The third-order valence-corrected chi connectivity index (χ3v) is 3.34. The third kappa shape index (κ3) is 3.95. The van der Waals surface area contributed by atoms with Gasteiger partial charge in [-0.2, -0.15) is 0 Å². The van der Waals surface area contributed by atoms with E-state index < -0.39 is 0 Å². The second-order valence-electron chi connectivity index (χ2n) is 5.01. The molecule has 6 N–H and O–H groups in total. The Morgan fingerprint density at radius 3 is 0.958 bits per heavy atom. The van der Waals surface area contributed by atoms with Crippen LogP contribution in [0, 0.1) is 0 Å². The second-order valence-corrected chi connectivity index (χ2v) is 5.01. The molecular weight excluding hydrogens is 304 g/mol. The number of ether oxygens (including phenoxy) is 2. The molecule has 3 aromatic rings. The highest BCUT2D eigenvalue weighted by Crippen LogP contribution is 2.27. The summed E-state index contributed by atoms with van der Waals surface area (Å²) >= 11 is 0. The highest BCUT2D eigenvalue weighted by molar-refractivity contribution is 5.47. The van der Waals surface area contributed by atoms with Crippen molar-refractivity contribution in [3.8, 4) is 23.0 Å². The topological polar surface area (TPSA) is 94.6 Å². The van der Waals surface area contributed by atoms with Crippen LogP contribution in [0.15, 0.2) is 72.8 Å². The average molecular weight is 322 g/mol. The Balaban J connectivity index is 1.63. The number of benzene rings is 3. The summed E-state index contributed by atoms with van der Waals surface area (Å²) in [4.78, 5) is 0. The number of nitrogen functional groups attached to an aromatic ring is 2. The highest BCUT2D eigenvalue weighted by atomic mass is 16.5. The maximum Gasteiger partial charge on any atom is 0.127 e. The lowest BCUT2D eigenvalue weighted by atomic mass is 10.3. The first kappa shape index (κ1) is 15.7. The standard InChI is InChI=1S/C18H18N4O2/c19-21-13-1-5-15(6-2-13)23-17-9-11-18(12-10-17)24-16-7-3-14(22-20)4-8-16/h1-12,21-22H,19-20H2. The molecule has 6 heteroatoms. The van der Waals surface area contributed by atoms with Gasteiger partial charge in [0.15, 0.2) is 0 Å². The van der Waals surface area contributed by atoms with E-state index in [1.807, 2.05) is 72.8 Å². The van der Waals surface area contributed by atoms with Crippen molar-refractivity contribution in [3.63, 3.8) is 0 Å². The number of anilines is 2. The molecule has 3 aromatic carbocycles. The van der Waals surface area contributed by atoms with Crippen molar-refractivity contribution < 1.29 is 9.47 Å². The van der Waals surface area contributed by atoms with Crippen molar-refractivity contribution in [1.82, 2.24) is 0 Å². The van der Waals surface area contributed by atoms with Crippen molar-refractivity contribution in [2.24, 2.45) is 11.7 Å². The molecule has 0 saturated heterocycles. The van der Waals surface area contributed by atoms with Gasteiger partial charge in [-0.05, 0) is 72.8 Å². The predicted molar refractivity (Wildman–Crippen MR) is 95.1 cm³/mol. The summed E-state index contributed by atoms with van der Waals surface area (Å²) in [6.45, 7) is 0. The minimum atomic E-state index is 0.721. The van der Waals surface area contributed by atoms with Crippen LogP contribution in [0.4, 0.5) is 11.4 Å². The predicted octanol–water partition coefficient (Wildman–Crippen LogP) is 3.84. The molecule has 0 amide bonds. The van der Waals surface area contributed by atoms with E-state index in [1.54, 1.807) is 0 Å². The smallest absolute Gasteiger partial charge is 0.127 e. The number of rotatable bonds is 6. The number of hydrogen-bond donors (Lipinski definition) is 4.